The minimum atomic E-state index is -4.16. The van der Waals surface area contributed by atoms with E-state index in [0.29, 0.717) is 21.3 Å². The van der Waals surface area contributed by atoms with E-state index >= 15 is 0 Å². The van der Waals surface area contributed by atoms with Crippen LogP contribution in [0.15, 0.2) is 77.7 Å². The summed E-state index contributed by atoms with van der Waals surface area (Å²) in [6, 6.07) is 19.1. The van der Waals surface area contributed by atoms with Gasteiger partial charge in [0.05, 0.1) is 10.6 Å². The number of carbonyl (C=O) groups is 2. The molecule has 1 atom stereocenters. The molecule has 0 bridgehead atoms. The van der Waals surface area contributed by atoms with Gasteiger partial charge in [-0.1, -0.05) is 66.4 Å². The number of hydrogen-bond acceptors (Lipinski definition) is 4. The molecule has 1 aliphatic carbocycles. The molecule has 0 radical (unpaired) electrons. The van der Waals surface area contributed by atoms with Crippen molar-refractivity contribution in [3.63, 3.8) is 0 Å². The summed E-state index contributed by atoms with van der Waals surface area (Å²) in [6.45, 7) is 3.03. The summed E-state index contributed by atoms with van der Waals surface area (Å²) in [5.74, 6) is -0.792. The highest BCUT2D eigenvalue weighted by molar-refractivity contribution is 7.92. The number of nitrogens with zero attached hydrogens (tertiary/aromatic N) is 2. The Morgan fingerprint density at radius 2 is 1.62 bits per heavy atom. The third-order valence-corrected chi connectivity index (χ3v) is 9.44. The number of halogens is 2. The fourth-order valence-corrected chi connectivity index (χ4v) is 6.71. The van der Waals surface area contributed by atoms with E-state index in [9.17, 15) is 18.0 Å². The first-order chi connectivity index (χ1) is 19.1. The predicted octanol–water partition coefficient (Wildman–Crippen LogP) is 5.97. The van der Waals surface area contributed by atoms with E-state index in [1.54, 1.807) is 56.3 Å². The van der Waals surface area contributed by atoms with Crippen LogP contribution in [0.2, 0.25) is 10.0 Å². The zero-order chi connectivity index (χ0) is 28.9. The van der Waals surface area contributed by atoms with Crippen LogP contribution in [-0.4, -0.2) is 43.8 Å². The second-order valence-corrected chi connectivity index (χ2v) is 12.8. The van der Waals surface area contributed by atoms with Crippen molar-refractivity contribution in [1.29, 1.82) is 0 Å². The molecule has 1 fully saturated rings. The summed E-state index contributed by atoms with van der Waals surface area (Å²) in [5.41, 5.74) is 1.78. The van der Waals surface area contributed by atoms with Crippen LogP contribution in [0.4, 0.5) is 5.69 Å². The SMILES string of the molecule is Cc1ccccc1N(CC(=O)N(Cc1cccc(Cl)c1)C(C)C(=O)NC1CCCC1)S(=O)(=O)c1ccc(Cl)cc1. The number of nitrogens with one attached hydrogen (secondary N) is 1. The van der Waals surface area contributed by atoms with Gasteiger partial charge in [0.2, 0.25) is 11.8 Å². The number of aryl methyl sites for hydroxylation is 1. The molecule has 1 aliphatic rings. The normalized spacial score (nSPS) is 14.5. The Morgan fingerprint density at radius 1 is 0.950 bits per heavy atom. The number of amides is 2. The predicted molar refractivity (Wildman–Crippen MR) is 159 cm³/mol. The maximum atomic E-state index is 14.0. The van der Waals surface area contributed by atoms with Gasteiger partial charge in [-0.25, -0.2) is 8.42 Å². The number of benzene rings is 3. The molecule has 40 heavy (non-hydrogen) atoms. The zero-order valence-corrected chi connectivity index (χ0v) is 24.8. The topological polar surface area (TPSA) is 86.8 Å². The minimum Gasteiger partial charge on any atom is -0.352 e. The van der Waals surface area contributed by atoms with E-state index < -0.39 is 28.5 Å². The Kier molecular flexibility index (Phi) is 9.77. The molecule has 0 heterocycles. The molecule has 0 aliphatic heterocycles. The molecule has 3 aromatic carbocycles. The Labute approximate surface area is 246 Å². The number of para-hydroxylation sites is 1. The van der Waals surface area contributed by atoms with Crippen LogP contribution < -0.4 is 9.62 Å². The minimum absolute atomic E-state index is 0.00127. The largest absolute Gasteiger partial charge is 0.352 e. The van der Waals surface area contributed by atoms with Gasteiger partial charge in [-0.2, -0.15) is 0 Å². The smallest absolute Gasteiger partial charge is 0.264 e. The molecule has 4 rings (SSSR count). The number of hydrogen-bond donors (Lipinski definition) is 1. The lowest BCUT2D eigenvalue weighted by atomic mass is 10.1. The van der Waals surface area contributed by atoms with Crippen molar-refractivity contribution in [2.75, 3.05) is 10.8 Å². The average molecular weight is 603 g/mol. The van der Waals surface area contributed by atoms with E-state index in [2.05, 4.69) is 5.32 Å². The summed E-state index contributed by atoms with van der Waals surface area (Å²) in [6.07, 6.45) is 3.92. The van der Waals surface area contributed by atoms with Crippen LogP contribution in [0.5, 0.6) is 0 Å². The molecule has 7 nitrogen and oxygen atoms in total. The van der Waals surface area contributed by atoms with E-state index in [4.69, 9.17) is 23.2 Å². The molecule has 10 heteroatoms. The molecule has 3 aromatic rings. The second kappa shape index (κ2) is 13.1. The second-order valence-electron chi connectivity index (χ2n) is 10.1. The first kappa shape index (κ1) is 29.9. The van der Waals surface area contributed by atoms with Crippen molar-refractivity contribution in [3.05, 3.63) is 94.0 Å². The molecule has 0 aromatic heterocycles. The standard InChI is InChI=1S/C30H33Cl2N3O4S/c1-21-8-3-6-13-28(21)35(40(38,39)27-16-14-24(31)15-17-27)20-29(36)34(19-23-9-7-10-25(32)18-23)22(2)30(37)33-26-11-4-5-12-26/h3,6-10,13-18,22,26H,4-5,11-12,19-20H2,1-2H3,(H,33,37). The quantitative estimate of drug-likeness (QED) is 0.310. The van der Waals surface area contributed by atoms with Crippen molar-refractivity contribution >= 4 is 50.7 Å². The Bertz CT molecular complexity index is 1460. The molecule has 2 amide bonds. The highest BCUT2D eigenvalue weighted by Crippen LogP contribution is 2.28. The fourth-order valence-electron chi connectivity index (χ4n) is 4.90. The number of rotatable bonds is 10. The van der Waals surface area contributed by atoms with E-state index in [1.165, 1.54) is 29.2 Å². The summed E-state index contributed by atoms with van der Waals surface area (Å²) in [7, 11) is -4.16. The summed E-state index contributed by atoms with van der Waals surface area (Å²) in [5, 5.41) is 3.96. The van der Waals surface area contributed by atoms with E-state index in [0.717, 1.165) is 35.6 Å². The molecule has 0 saturated heterocycles. The highest BCUT2D eigenvalue weighted by atomic mass is 35.5. The number of anilines is 1. The Balaban J connectivity index is 1.69. The fraction of sp³-hybridized carbons (Fsp3) is 0.333. The van der Waals surface area contributed by atoms with Gasteiger partial charge in [0.15, 0.2) is 0 Å². The van der Waals surface area contributed by atoms with Crippen LogP contribution in [-0.2, 0) is 26.2 Å². The van der Waals surface area contributed by atoms with Gasteiger partial charge >= 0.3 is 0 Å². The Hall–Kier alpha value is -3.07. The molecule has 0 spiro atoms. The first-order valence-electron chi connectivity index (χ1n) is 13.2. The molecule has 1 N–H and O–H groups in total. The molecule has 212 valence electrons. The average Bonchev–Trinajstić information content (AvgIpc) is 3.43. The lowest BCUT2D eigenvalue weighted by molar-refractivity contribution is -0.139. The Morgan fingerprint density at radius 3 is 2.27 bits per heavy atom. The highest BCUT2D eigenvalue weighted by Gasteiger charge is 2.33. The number of sulfonamides is 1. The summed E-state index contributed by atoms with van der Waals surface area (Å²) in [4.78, 5) is 28.7. The van der Waals surface area contributed by atoms with Crippen molar-refractivity contribution < 1.29 is 18.0 Å². The van der Waals surface area contributed by atoms with Crippen LogP contribution in [0.3, 0.4) is 0 Å². The lowest BCUT2D eigenvalue weighted by Gasteiger charge is -2.33. The molecular formula is C30H33Cl2N3O4S. The third kappa shape index (κ3) is 7.16. The van der Waals surface area contributed by atoms with Crippen LogP contribution in [0.25, 0.3) is 0 Å². The van der Waals surface area contributed by atoms with Crippen molar-refractivity contribution in [2.24, 2.45) is 0 Å². The summed E-state index contributed by atoms with van der Waals surface area (Å²) < 4.78 is 28.9. The van der Waals surface area contributed by atoms with Gasteiger partial charge in [0, 0.05) is 22.6 Å². The third-order valence-electron chi connectivity index (χ3n) is 7.18. The molecule has 1 unspecified atom stereocenters. The van der Waals surface area contributed by atoms with Gasteiger partial charge in [-0.15, -0.1) is 0 Å². The van der Waals surface area contributed by atoms with Gasteiger partial charge in [-0.05, 0) is 80.3 Å². The monoisotopic (exact) mass is 601 g/mol. The van der Waals surface area contributed by atoms with Crippen LogP contribution in [0, 0.1) is 6.92 Å². The molecule has 1 saturated carbocycles. The zero-order valence-electron chi connectivity index (χ0n) is 22.5. The molecular weight excluding hydrogens is 569 g/mol. The maximum absolute atomic E-state index is 14.0. The lowest BCUT2D eigenvalue weighted by Crippen LogP contribution is -2.52. The van der Waals surface area contributed by atoms with E-state index in [1.807, 2.05) is 6.07 Å². The van der Waals surface area contributed by atoms with Crippen molar-refractivity contribution in [2.45, 2.75) is 63.1 Å². The summed E-state index contributed by atoms with van der Waals surface area (Å²) >= 11 is 12.2. The van der Waals surface area contributed by atoms with Crippen molar-refractivity contribution in [3.8, 4) is 0 Å². The van der Waals surface area contributed by atoms with Gasteiger partial charge < -0.3 is 10.2 Å². The maximum Gasteiger partial charge on any atom is 0.264 e. The first-order valence-corrected chi connectivity index (χ1v) is 15.4. The van der Waals surface area contributed by atoms with Gasteiger partial charge in [-0.3, -0.25) is 13.9 Å². The van der Waals surface area contributed by atoms with Crippen molar-refractivity contribution in [1.82, 2.24) is 10.2 Å². The van der Waals surface area contributed by atoms with Crippen LogP contribution in [0.1, 0.15) is 43.7 Å². The number of carbonyl (C=O) groups excluding carboxylic acids is 2. The van der Waals surface area contributed by atoms with Crippen LogP contribution >= 0.6 is 23.2 Å². The van der Waals surface area contributed by atoms with E-state index in [-0.39, 0.29) is 23.4 Å². The van der Waals surface area contributed by atoms with Gasteiger partial charge in [0.25, 0.3) is 10.0 Å². The van der Waals surface area contributed by atoms with Gasteiger partial charge in [0.1, 0.15) is 12.6 Å².